The molecule has 1 saturated carbocycles. The zero-order valence-corrected chi connectivity index (χ0v) is 21.3. The monoisotopic (exact) mass is 523 g/mol. The van der Waals surface area contributed by atoms with Gasteiger partial charge in [-0.2, -0.15) is 0 Å². The number of amides is 2. The molecule has 0 radical (unpaired) electrons. The van der Waals surface area contributed by atoms with Crippen LogP contribution in [0.15, 0.2) is 65.9 Å². The van der Waals surface area contributed by atoms with Crippen molar-refractivity contribution >= 4 is 46.7 Å². The minimum Gasteiger partial charge on any atom is -0.495 e. The van der Waals surface area contributed by atoms with Gasteiger partial charge in [0.15, 0.2) is 0 Å². The second-order valence-electron chi connectivity index (χ2n) is 8.63. The number of carbonyl (C=O) groups excluding carboxylic acids is 2. The van der Waals surface area contributed by atoms with E-state index in [1.165, 1.54) is 6.08 Å². The molecule has 1 atom stereocenters. The highest BCUT2D eigenvalue weighted by molar-refractivity contribution is 6.33. The Hall–Kier alpha value is -3.82. The molecule has 2 aromatic carbocycles. The molecule has 1 aliphatic heterocycles. The summed E-state index contributed by atoms with van der Waals surface area (Å²) in [5, 5.41) is 12.5. The van der Waals surface area contributed by atoms with Gasteiger partial charge in [-0.1, -0.05) is 24.2 Å². The molecule has 194 valence electrons. The normalized spacial score (nSPS) is 16.7. The molecule has 0 spiro atoms. The van der Waals surface area contributed by atoms with Crippen LogP contribution in [-0.2, 0) is 9.59 Å². The summed E-state index contributed by atoms with van der Waals surface area (Å²) in [6, 6.07) is 10.9. The topological polar surface area (TPSA) is 113 Å². The van der Waals surface area contributed by atoms with Gasteiger partial charge in [0, 0.05) is 31.2 Å². The Morgan fingerprint density at radius 2 is 2.03 bits per heavy atom. The molecule has 1 fully saturated rings. The molecule has 37 heavy (non-hydrogen) atoms. The van der Waals surface area contributed by atoms with E-state index in [1.54, 1.807) is 49.7 Å². The van der Waals surface area contributed by atoms with Crippen LogP contribution in [0.25, 0.3) is 0 Å². The van der Waals surface area contributed by atoms with Gasteiger partial charge in [-0.05, 0) is 49.3 Å². The molecule has 2 aliphatic rings. The van der Waals surface area contributed by atoms with Crippen molar-refractivity contribution in [3.63, 3.8) is 0 Å². The van der Waals surface area contributed by atoms with Gasteiger partial charge in [0.2, 0.25) is 11.8 Å². The van der Waals surface area contributed by atoms with Gasteiger partial charge in [0.25, 0.3) is 0 Å². The Bertz CT molecular complexity index is 1230. The first-order valence-corrected chi connectivity index (χ1v) is 12.4. The van der Waals surface area contributed by atoms with Crippen molar-refractivity contribution in [1.82, 2.24) is 5.32 Å². The van der Waals surface area contributed by atoms with Crippen molar-refractivity contribution < 1.29 is 19.1 Å². The highest BCUT2D eigenvalue weighted by atomic mass is 35.5. The van der Waals surface area contributed by atoms with Gasteiger partial charge in [-0.3, -0.25) is 14.6 Å². The number of ether oxygens (including phenoxy) is 2. The number of methoxy groups -OCH3 is 1. The minimum absolute atomic E-state index is 0.139. The lowest BCUT2D eigenvalue weighted by atomic mass is 10.2. The number of para-hydroxylation sites is 1. The van der Waals surface area contributed by atoms with Crippen LogP contribution in [0.3, 0.4) is 0 Å². The van der Waals surface area contributed by atoms with Gasteiger partial charge >= 0.3 is 0 Å². The molecule has 4 N–H and O–H groups in total. The van der Waals surface area contributed by atoms with Crippen LogP contribution in [0.4, 0.5) is 17.1 Å². The molecule has 10 heteroatoms. The summed E-state index contributed by atoms with van der Waals surface area (Å²) in [5.41, 5.74) is 1.68. The number of halogens is 1. The van der Waals surface area contributed by atoms with Crippen LogP contribution >= 0.6 is 11.6 Å². The van der Waals surface area contributed by atoms with E-state index in [0.29, 0.717) is 58.2 Å². The van der Waals surface area contributed by atoms with Crippen molar-refractivity contribution in [3.8, 4) is 11.5 Å². The number of rotatable bonds is 11. The maximum absolute atomic E-state index is 12.1. The predicted molar refractivity (Wildman–Crippen MR) is 147 cm³/mol. The Kier molecular flexibility index (Phi) is 8.81. The van der Waals surface area contributed by atoms with Gasteiger partial charge in [-0.25, -0.2) is 0 Å². The molecular weight excluding hydrogens is 494 g/mol. The SMILES string of the molecule is C=CC(=O)Nc1cccc(OC)c1NC1CC(Oc2ccc(NC(=O)CNC3CC3)c(Cl)c2)=CCC=N1. The Labute approximate surface area is 221 Å². The minimum atomic E-state index is -0.377. The van der Waals surface area contributed by atoms with Crippen molar-refractivity contribution in [3.05, 3.63) is 65.9 Å². The fourth-order valence-electron chi connectivity index (χ4n) is 3.71. The Morgan fingerprint density at radius 1 is 1.19 bits per heavy atom. The van der Waals surface area contributed by atoms with Gasteiger partial charge in [0.1, 0.15) is 29.1 Å². The first-order valence-electron chi connectivity index (χ1n) is 12.0. The summed E-state index contributed by atoms with van der Waals surface area (Å²) in [6.07, 6.45) is 7.83. The summed E-state index contributed by atoms with van der Waals surface area (Å²) < 4.78 is 11.6. The average Bonchev–Trinajstić information content (AvgIpc) is 3.73. The molecule has 0 aromatic heterocycles. The number of nitrogens with one attached hydrogen (secondary N) is 4. The van der Waals surface area contributed by atoms with E-state index in [1.807, 2.05) is 6.08 Å². The van der Waals surface area contributed by atoms with Gasteiger partial charge < -0.3 is 30.7 Å². The molecule has 1 heterocycles. The zero-order valence-electron chi connectivity index (χ0n) is 20.6. The molecule has 2 amide bonds. The molecule has 9 nitrogen and oxygen atoms in total. The Balaban J connectivity index is 1.41. The zero-order chi connectivity index (χ0) is 26.2. The standard InChI is InChI=1S/C27H30ClN5O4/c1-3-25(34)32-22-7-4-8-23(36-2)27(22)33-24-15-18(6-5-13-29-24)37-19-11-12-21(20(28)14-19)31-26(35)16-30-17-9-10-17/h3-4,6-8,11-14,17,24,30,33H,1,5,9-10,15-16H2,2H3,(H,31,35)(H,32,34). The highest BCUT2D eigenvalue weighted by Crippen LogP contribution is 2.35. The summed E-state index contributed by atoms with van der Waals surface area (Å²) in [4.78, 5) is 28.6. The first kappa shape index (κ1) is 26.2. The molecule has 0 saturated heterocycles. The van der Waals surface area contributed by atoms with Gasteiger partial charge in [-0.15, -0.1) is 0 Å². The predicted octanol–water partition coefficient (Wildman–Crippen LogP) is 4.73. The van der Waals surface area contributed by atoms with Crippen LogP contribution < -0.4 is 30.7 Å². The summed E-state index contributed by atoms with van der Waals surface area (Å²) in [6.45, 7) is 3.76. The van der Waals surface area contributed by atoms with Crippen LogP contribution in [0.1, 0.15) is 25.7 Å². The molecule has 4 rings (SSSR count). The second-order valence-corrected chi connectivity index (χ2v) is 9.03. The second kappa shape index (κ2) is 12.4. The van der Waals surface area contributed by atoms with E-state index in [4.69, 9.17) is 21.1 Å². The maximum Gasteiger partial charge on any atom is 0.247 e. The van der Waals surface area contributed by atoms with Gasteiger partial charge in [0.05, 0.1) is 30.1 Å². The van der Waals surface area contributed by atoms with Crippen LogP contribution in [0, 0.1) is 0 Å². The van der Waals surface area contributed by atoms with Crippen molar-refractivity contribution in [1.29, 1.82) is 0 Å². The number of carbonyl (C=O) groups is 2. The lowest BCUT2D eigenvalue weighted by Gasteiger charge is -2.21. The first-order chi connectivity index (χ1) is 17.9. The number of aliphatic imine (C=N–C) groups is 1. The van der Waals surface area contributed by atoms with E-state index < -0.39 is 0 Å². The number of nitrogens with zero attached hydrogens (tertiary/aromatic N) is 1. The van der Waals surface area contributed by atoms with Crippen LogP contribution in [-0.4, -0.2) is 43.9 Å². The molecule has 1 aliphatic carbocycles. The Morgan fingerprint density at radius 3 is 2.76 bits per heavy atom. The number of anilines is 3. The molecule has 0 bridgehead atoms. The molecular formula is C27H30ClN5O4. The number of benzene rings is 2. The third kappa shape index (κ3) is 7.58. The quantitative estimate of drug-likeness (QED) is 0.317. The molecule has 2 aromatic rings. The van der Waals surface area contributed by atoms with E-state index >= 15 is 0 Å². The summed E-state index contributed by atoms with van der Waals surface area (Å²) >= 11 is 6.41. The van der Waals surface area contributed by atoms with Crippen LogP contribution in [0.2, 0.25) is 5.02 Å². The van der Waals surface area contributed by atoms with Crippen LogP contribution in [0.5, 0.6) is 11.5 Å². The fraction of sp³-hybridized carbons (Fsp3) is 0.296. The third-order valence-corrected chi connectivity index (χ3v) is 6.04. The van der Waals surface area contributed by atoms with E-state index in [9.17, 15) is 9.59 Å². The number of hydrogen-bond acceptors (Lipinski definition) is 7. The largest absolute Gasteiger partial charge is 0.495 e. The maximum atomic E-state index is 12.1. The highest BCUT2D eigenvalue weighted by Gasteiger charge is 2.22. The third-order valence-electron chi connectivity index (χ3n) is 5.72. The van der Waals surface area contributed by atoms with E-state index in [-0.39, 0.29) is 24.5 Å². The smallest absolute Gasteiger partial charge is 0.247 e. The average molecular weight is 524 g/mol. The fourth-order valence-corrected chi connectivity index (χ4v) is 3.92. The van der Waals surface area contributed by atoms with E-state index in [2.05, 4.69) is 32.8 Å². The van der Waals surface area contributed by atoms with E-state index in [0.717, 1.165) is 12.8 Å². The number of hydrogen-bond donors (Lipinski definition) is 4. The molecule has 1 unspecified atom stereocenters. The van der Waals surface area contributed by atoms with Crippen molar-refractivity contribution in [2.45, 2.75) is 37.9 Å². The number of allylic oxidation sites excluding steroid dienone is 1. The van der Waals surface area contributed by atoms with Crippen molar-refractivity contribution in [2.24, 2.45) is 4.99 Å². The summed E-state index contributed by atoms with van der Waals surface area (Å²) in [5.74, 6) is 1.33. The lowest BCUT2D eigenvalue weighted by molar-refractivity contribution is -0.115. The van der Waals surface area contributed by atoms with Crippen molar-refractivity contribution in [2.75, 3.05) is 29.6 Å². The summed E-state index contributed by atoms with van der Waals surface area (Å²) in [7, 11) is 1.56. The lowest BCUT2D eigenvalue weighted by Crippen LogP contribution is -2.29.